The minimum atomic E-state index is -0.480. The number of fused-ring (bicyclic) bond motifs is 3. The number of Topliss-reactive ketones (excluding diaryl/α,β-unsaturated/α-hetero) is 1. The first-order valence-corrected chi connectivity index (χ1v) is 11.0. The Balaban J connectivity index is 2.02. The Hall–Kier alpha value is -0.930. The second kappa shape index (κ2) is 7.48. The van der Waals surface area contributed by atoms with Gasteiger partial charge in [0, 0.05) is 17.3 Å². The molecule has 3 aliphatic carbocycles. The molecule has 0 bridgehead atoms. The molecule has 3 rings (SSSR count). The van der Waals surface area contributed by atoms with Crippen molar-refractivity contribution in [2.24, 2.45) is 34.5 Å². The summed E-state index contributed by atoms with van der Waals surface area (Å²) in [4.78, 5) is 24.5. The zero-order valence-electron chi connectivity index (χ0n) is 17.0. The smallest absolute Gasteiger partial charge is 0.178 e. The molecule has 0 aromatic heterocycles. The summed E-state index contributed by atoms with van der Waals surface area (Å²) >= 11 is 5.94. The predicted octanol–water partition coefficient (Wildman–Crippen LogP) is 4.72. The predicted molar refractivity (Wildman–Crippen MR) is 109 cm³/mol. The number of ketones is 2. The molecule has 0 amide bonds. The summed E-state index contributed by atoms with van der Waals surface area (Å²) < 4.78 is 0. The van der Waals surface area contributed by atoms with Crippen molar-refractivity contribution >= 4 is 23.2 Å². The van der Waals surface area contributed by atoms with Gasteiger partial charge in [0.05, 0.1) is 12.0 Å². The molecule has 4 heteroatoms. The summed E-state index contributed by atoms with van der Waals surface area (Å²) in [6, 6.07) is 0. The van der Waals surface area contributed by atoms with Gasteiger partial charge in [-0.2, -0.15) is 0 Å². The molecule has 2 saturated carbocycles. The van der Waals surface area contributed by atoms with E-state index in [0.717, 1.165) is 31.3 Å². The molecule has 1 N–H and O–H groups in total. The highest BCUT2D eigenvalue weighted by Gasteiger charge is 2.59. The summed E-state index contributed by atoms with van der Waals surface area (Å²) in [5, 5.41) is 11.3. The molecule has 27 heavy (non-hydrogen) atoms. The Morgan fingerprint density at radius 3 is 2.67 bits per heavy atom. The Kier molecular flexibility index (Phi) is 5.76. The van der Waals surface area contributed by atoms with E-state index in [1.54, 1.807) is 12.2 Å². The van der Waals surface area contributed by atoms with Crippen LogP contribution < -0.4 is 0 Å². The van der Waals surface area contributed by atoms with Crippen LogP contribution in [0.25, 0.3) is 0 Å². The van der Waals surface area contributed by atoms with E-state index in [2.05, 4.69) is 27.7 Å². The van der Waals surface area contributed by atoms with Gasteiger partial charge in [0.25, 0.3) is 0 Å². The van der Waals surface area contributed by atoms with Gasteiger partial charge in [-0.05, 0) is 55.1 Å². The lowest BCUT2D eigenvalue weighted by Crippen LogP contribution is -2.58. The Morgan fingerprint density at radius 1 is 1.37 bits per heavy atom. The lowest BCUT2D eigenvalue weighted by Gasteiger charge is -2.60. The lowest BCUT2D eigenvalue weighted by molar-refractivity contribution is -0.150. The van der Waals surface area contributed by atoms with Gasteiger partial charge in [-0.15, -0.1) is 11.6 Å². The zero-order valence-corrected chi connectivity index (χ0v) is 17.8. The number of halogens is 1. The van der Waals surface area contributed by atoms with Crippen LogP contribution in [0.4, 0.5) is 0 Å². The summed E-state index contributed by atoms with van der Waals surface area (Å²) in [7, 11) is 0. The molecule has 0 radical (unpaired) electrons. The molecular formula is C23H33ClO3. The van der Waals surface area contributed by atoms with Crippen molar-refractivity contribution < 1.29 is 14.7 Å². The highest BCUT2D eigenvalue weighted by molar-refractivity contribution is 6.28. The van der Waals surface area contributed by atoms with Crippen LogP contribution in [0.3, 0.4) is 0 Å². The highest BCUT2D eigenvalue weighted by Crippen LogP contribution is 2.63. The van der Waals surface area contributed by atoms with Crippen molar-refractivity contribution in [1.82, 2.24) is 0 Å². The number of alkyl halides is 1. The van der Waals surface area contributed by atoms with Gasteiger partial charge < -0.3 is 5.11 Å². The SMILES string of the molecule is CCC(C(=O)CCl)[C@@]1(C)CC(O)C2[C@@H](CCC3=CC(=O)C=C[C@@]32C)C1CC. The first kappa shape index (κ1) is 20.8. The average molecular weight is 393 g/mol. The first-order valence-electron chi connectivity index (χ1n) is 10.4. The number of aliphatic hydroxyl groups excluding tert-OH is 1. The standard InChI is InChI=1S/C23H33ClO3/c1-5-17-16-8-7-14-11-15(25)9-10-22(14,3)21(16)19(26)12-23(17,4)18(6-2)20(27)13-24/h9-11,16-19,21,26H,5-8,12-13H2,1-4H3/t16-,17?,18?,19?,21?,22-,23-/m0/s1. The fourth-order valence-electron chi connectivity index (χ4n) is 7.03. The van der Waals surface area contributed by atoms with Crippen molar-refractivity contribution in [3.05, 3.63) is 23.8 Å². The van der Waals surface area contributed by atoms with Crippen molar-refractivity contribution in [2.45, 2.75) is 65.9 Å². The van der Waals surface area contributed by atoms with Crippen LogP contribution in [0.5, 0.6) is 0 Å². The van der Waals surface area contributed by atoms with Gasteiger partial charge in [0.1, 0.15) is 0 Å². The van der Waals surface area contributed by atoms with E-state index in [1.165, 1.54) is 0 Å². The molecule has 150 valence electrons. The summed E-state index contributed by atoms with van der Waals surface area (Å²) in [6.45, 7) is 8.65. The number of carbonyl (C=O) groups excluding carboxylic acids is 2. The number of aliphatic hydroxyl groups is 1. The second-order valence-corrected chi connectivity index (χ2v) is 9.54. The Morgan fingerprint density at radius 2 is 2.07 bits per heavy atom. The van der Waals surface area contributed by atoms with Crippen molar-refractivity contribution in [2.75, 3.05) is 5.88 Å². The van der Waals surface area contributed by atoms with Crippen LogP contribution in [0.1, 0.15) is 59.8 Å². The van der Waals surface area contributed by atoms with Gasteiger partial charge >= 0.3 is 0 Å². The normalized spacial score (nSPS) is 42.1. The van der Waals surface area contributed by atoms with Gasteiger partial charge in [-0.3, -0.25) is 9.59 Å². The van der Waals surface area contributed by atoms with E-state index >= 15 is 0 Å². The third-order valence-corrected chi connectivity index (χ3v) is 8.36. The number of rotatable bonds is 5. The quantitative estimate of drug-likeness (QED) is 0.689. The van der Waals surface area contributed by atoms with Gasteiger partial charge in [0.2, 0.25) is 0 Å². The summed E-state index contributed by atoms with van der Waals surface area (Å²) in [5.74, 6) is 0.920. The first-order chi connectivity index (χ1) is 12.7. The van der Waals surface area contributed by atoms with Crippen molar-refractivity contribution in [1.29, 1.82) is 0 Å². The molecule has 0 aromatic rings. The molecule has 0 aliphatic heterocycles. The number of carbonyl (C=O) groups is 2. The Labute approximate surface area is 168 Å². The molecule has 0 heterocycles. The molecule has 0 spiro atoms. The van der Waals surface area contributed by atoms with Crippen LogP contribution in [0, 0.1) is 34.5 Å². The molecule has 4 unspecified atom stereocenters. The molecule has 0 aromatic carbocycles. The van der Waals surface area contributed by atoms with E-state index in [1.807, 2.05) is 6.08 Å². The molecule has 3 nitrogen and oxygen atoms in total. The second-order valence-electron chi connectivity index (χ2n) is 9.27. The van der Waals surface area contributed by atoms with Gasteiger partial charge in [-0.1, -0.05) is 45.8 Å². The van der Waals surface area contributed by atoms with Crippen LogP contribution in [0.15, 0.2) is 23.8 Å². The van der Waals surface area contributed by atoms with Crippen molar-refractivity contribution in [3.63, 3.8) is 0 Å². The van der Waals surface area contributed by atoms with Gasteiger partial charge in [0.15, 0.2) is 11.6 Å². The van der Waals surface area contributed by atoms with Crippen LogP contribution in [0.2, 0.25) is 0 Å². The van der Waals surface area contributed by atoms with E-state index < -0.39 is 6.10 Å². The summed E-state index contributed by atoms with van der Waals surface area (Å²) in [5.41, 5.74) is 0.669. The third kappa shape index (κ3) is 3.15. The zero-order chi connectivity index (χ0) is 20.0. The maximum atomic E-state index is 12.6. The topological polar surface area (TPSA) is 54.4 Å². The fraction of sp³-hybridized carbons (Fsp3) is 0.739. The van der Waals surface area contributed by atoms with Gasteiger partial charge in [-0.25, -0.2) is 0 Å². The fourth-order valence-corrected chi connectivity index (χ4v) is 7.22. The average Bonchev–Trinajstić information content (AvgIpc) is 2.62. The van der Waals surface area contributed by atoms with E-state index in [4.69, 9.17) is 11.6 Å². The maximum Gasteiger partial charge on any atom is 0.178 e. The monoisotopic (exact) mass is 392 g/mol. The number of allylic oxidation sites excluding steroid dienone is 4. The van der Waals surface area contributed by atoms with E-state index in [9.17, 15) is 14.7 Å². The number of hydrogen-bond donors (Lipinski definition) is 1. The summed E-state index contributed by atoms with van der Waals surface area (Å²) in [6.07, 6.45) is 9.25. The molecule has 7 atom stereocenters. The largest absolute Gasteiger partial charge is 0.393 e. The van der Waals surface area contributed by atoms with E-state index in [-0.39, 0.29) is 40.1 Å². The minimum absolute atomic E-state index is 0.0458. The minimum Gasteiger partial charge on any atom is -0.393 e. The third-order valence-electron chi connectivity index (χ3n) is 8.09. The highest BCUT2D eigenvalue weighted by atomic mass is 35.5. The molecule has 3 aliphatic rings. The van der Waals surface area contributed by atoms with Crippen LogP contribution in [-0.4, -0.2) is 28.7 Å². The number of hydrogen-bond acceptors (Lipinski definition) is 3. The van der Waals surface area contributed by atoms with Crippen molar-refractivity contribution in [3.8, 4) is 0 Å². The Bertz CT molecular complexity index is 681. The molecule has 0 saturated heterocycles. The molecular weight excluding hydrogens is 360 g/mol. The lowest BCUT2D eigenvalue weighted by atomic mass is 9.44. The molecule has 2 fully saturated rings. The maximum absolute atomic E-state index is 12.6. The van der Waals surface area contributed by atoms with E-state index in [0.29, 0.717) is 18.3 Å². The van der Waals surface area contributed by atoms with Crippen LogP contribution >= 0.6 is 11.6 Å². The van der Waals surface area contributed by atoms with Crippen LogP contribution in [-0.2, 0) is 9.59 Å².